The number of nitrogens with zero attached hydrogens (tertiary/aromatic N) is 3. The van der Waals surface area contributed by atoms with E-state index < -0.39 is 11.5 Å². The third-order valence-electron chi connectivity index (χ3n) is 4.07. The Morgan fingerprint density at radius 3 is 2.52 bits per heavy atom. The maximum atomic E-state index is 12.7. The summed E-state index contributed by atoms with van der Waals surface area (Å²) in [6.45, 7) is -0.0372. The van der Waals surface area contributed by atoms with Gasteiger partial charge < -0.3 is 9.63 Å². The van der Waals surface area contributed by atoms with Crippen molar-refractivity contribution < 1.29 is 14.4 Å². The van der Waals surface area contributed by atoms with Crippen LogP contribution in [-0.4, -0.2) is 26.0 Å². The quantitative estimate of drug-likeness (QED) is 0.581. The summed E-state index contributed by atoms with van der Waals surface area (Å²) in [6.07, 6.45) is 0. The molecule has 0 atom stereocenters. The van der Waals surface area contributed by atoms with Crippen LogP contribution in [0.25, 0.3) is 22.0 Å². The van der Waals surface area contributed by atoms with E-state index in [1.54, 1.807) is 54.6 Å². The number of carboxylic acids is 1. The molecule has 27 heavy (non-hydrogen) atoms. The second-order valence-corrected chi connectivity index (χ2v) is 6.28. The van der Waals surface area contributed by atoms with E-state index in [0.717, 1.165) is 10.2 Å². The lowest BCUT2D eigenvalue weighted by atomic mass is 10.1. The zero-order valence-corrected chi connectivity index (χ0v) is 14.6. The summed E-state index contributed by atoms with van der Waals surface area (Å²) in [7, 11) is 0. The Hall–Kier alpha value is -3.45. The lowest BCUT2D eigenvalue weighted by Gasteiger charge is -2.07. The molecule has 0 saturated heterocycles. The van der Waals surface area contributed by atoms with E-state index in [9.17, 15) is 14.7 Å². The standard InChI is InChI=1S/C19H12ClN3O4/c20-12-7-5-11(6-8-12)16-9-13(27-22-16)10-23-18(24)15-4-2-1-3-14(15)17(21-23)19(25)26/h1-9H,10H2,(H,25,26). The molecule has 7 nitrogen and oxygen atoms in total. The van der Waals surface area contributed by atoms with Gasteiger partial charge in [-0.3, -0.25) is 4.79 Å². The summed E-state index contributed by atoms with van der Waals surface area (Å²) >= 11 is 5.88. The number of fused-ring (bicyclic) bond motifs is 1. The van der Waals surface area contributed by atoms with Crippen LogP contribution in [0.15, 0.2) is 63.9 Å². The first kappa shape index (κ1) is 17.0. The predicted octanol–water partition coefficient (Wildman–Crippen LogP) is 3.45. The Bertz CT molecular complexity index is 1210. The first-order chi connectivity index (χ1) is 13.0. The maximum absolute atomic E-state index is 12.7. The zero-order valence-electron chi connectivity index (χ0n) is 13.8. The van der Waals surface area contributed by atoms with Crippen LogP contribution in [0.3, 0.4) is 0 Å². The van der Waals surface area contributed by atoms with Crippen molar-refractivity contribution >= 4 is 28.3 Å². The summed E-state index contributed by atoms with van der Waals surface area (Å²) in [5, 5.41) is 18.6. The molecule has 2 aromatic carbocycles. The highest BCUT2D eigenvalue weighted by Crippen LogP contribution is 2.21. The van der Waals surface area contributed by atoms with Crippen molar-refractivity contribution in [2.45, 2.75) is 6.54 Å². The summed E-state index contributed by atoms with van der Waals surface area (Å²) in [5.41, 5.74) is 0.788. The lowest BCUT2D eigenvalue weighted by molar-refractivity contribution is 0.0690. The maximum Gasteiger partial charge on any atom is 0.357 e. The van der Waals surface area contributed by atoms with E-state index in [2.05, 4.69) is 10.3 Å². The topological polar surface area (TPSA) is 98.2 Å². The summed E-state index contributed by atoms with van der Waals surface area (Å²) < 4.78 is 6.36. The van der Waals surface area contributed by atoms with Crippen molar-refractivity contribution in [2.24, 2.45) is 0 Å². The Balaban J connectivity index is 1.74. The molecule has 0 bridgehead atoms. The molecule has 2 heterocycles. The number of rotatable bonds is 4. The number of hydrogen-bond donors (Lipinski definition) is 1. The van der Waals surface area contributed by atoms with Crippen LogP contribution in [-0.2, 0) is 6.54 Å². The fourth-order valence-electron chi connectivity index (χ4n) is 2.79. The molecule has 0 aliphatic rings. The van der Waals surface area contributed by atoms with Gasteiger partial charge >= 0.3 is 5.97 Å². The molecule has 0 aliphatic carbocycles. The Morgan fingerprint density at radius 2 is 1.81 bits per heavy atom. The molecule has 4 aromatic rings. The molecule has 1 N–H and O–H groups in total. The molecule has 0 radical (unpaired) electrons. The minimum atomic E-state index is -1.21. The lowest BCUT2D eigenvalue weighted by Crippen LogP contribution is -2.26. The highest BCUT2D eigenvalue weighted by Gasteiger charge is 2.17. The minimum absolute atomic E-state index is 0.0372. The molecule has 0 unspecified atom stereocenters. The van der Waals surface area contributed by atoms with Crippen LogP contribution < -0.4 is 5.56 Å². The average molecular weight is 382 g/mol. The molecule has 0 amide bonds. The van der Waals surface area contributed by atoms with Crippen molar-refractivity contribution in [2.75, 3.05) is 0 Å². The van der Waals surface area contributed by atoms with Gasteiger partial charge in [0.05, 0.1) is 5.39 Å². The molecule has 0 aliphatic heterocycles. The molecule has 4 rings (SSSR count). The van der Waals surface area contributed by atoms with Crippen LogP contribution in [0, 0.1) is 0 Å². The van der Waals surface area contributed by atoms with E-state index >= 15 is 0 Å². The van der Waals surface area contributed by atoms with Crippen LogP contribution in [0.2, 0.25) is 5.02 Å². The number of carboxylic acid groups (broad SMARTS) is 1. The van der Waals surface area contributed by atoms with Crippen LogP contribution in [0.1, 0.15) is 16.2 Å². The summed E-state index contributed by atoms with van der Waals surface area (Å²) in [5.74, 6) is -0.833. The fourth-order valence-corrected chi connectivity index (χ4v) is 2.92. The number of hydrogen-bond acceptors (Lipinski definition) is 5. The number of benzene rings is 2. The minimum Gasteiger partial charge on any atom is -0.476 e. The molecule has 2 aromatic heterocycles. The average Bonchev–Trinajstić information content (AvgIpc) is 3.13. The van der Waals surface area contributed by atoms with E-state index in [4.69, 9.17) is 16.1 Å². The molecule has 0 fully saturated rings. The van der Waals surface area contributed by atoms with Crippen LogP contribution in [0.4, 0.5) is 0 Å². The molecule has 8 heteroatoms. The SMILES string of the molecule is O=C(O)c1nn(Cc2cc(-c3ccc(Cl)cc3)no2)c(=O)c2ccccc12. The van der Waals surface area contributed by atoms with Gasteiger partial charge in [-0.25, -0.2) is 9.48 Å². The molecular weight excluding hydrogens is 370 g/mol. The largest absolute Gasteiger partial charge is 0.476 e. The third-order valence-corrected chi connectivity index (χ3v) is 4.33. The highest BCUT2D eigenvalue weighted by atomic mass is 35.5. The van der Waals surface area contributed by atoms with Crippen molar-refractivity contribution in [1.29, 1.82) is 0 Å². The smallest absolute Gasteiger partial charge is 0.357 e. The van der Waals surface area contributed by atoms with Gasteiger partial charge in [0.15, 0.2) is 11.5 Å². The Kier molecular flexibility index (Phi) is 4.21. The molecule has 0 saturated carbocycles. The highest BCUT2D eigenvalue weighted by molar-refractivity contribution is 6.30. The Morgan fingerprint density at radius 1 is 1.11 bits per heavy atom. The second-order valence-electron chi connectivity index (χ2n) is 5.85. The molecule has 0 spiro atoms. The third kappa shape index (κ3) is 3.20. The van der Waals surface area contributed by atoms with Gasteiger partial charge in [0.2, 0.25) is 0 Å². The van der Waals surface area contributed by atoms with Gasteiger partial charge in [0.1, 0.15) is 12.2 Å². The van der Waals surface area contributed by atoms with E-state index in [1.165, 1.54) is 0 Å². The Labute approximate surface area is 157 Å². The number of aromatic carboxylic acids is 1. The van der Waals surface area contributed by atoms with Crippen LogP contribution in [0.5, 0.6) is 0 Å². The zero-order chi connectivity index (χ0) is 19.0. The van der Waals surface area contributed by atoms with Gasteiger partial charge in [0, 0.05) is 22.0 Å². The molecule has 134 valence electrons. The summed E-state index contributed by atoms with van der Waals surface area (Å²) in [4.78, 5) is 24.2. The summed E-state index contributed by atoms with van der Waals surface area (Å²) in [6, 6.07) is 15.2. The fraction of sp³-hybridized carbons (Fsp3) is 0.0526. The first-order valence-corrected chi connectivity index (χ1v) is 8.35. The second kappa shape index (κ2) is 6.69. The number of aromatic nitrogens is 3. The first-order valence-electron chi connectivity index (χ1n) is 7.97. The predicted molar refractivity (Wildman–Crippen MR) is 99.0 cm³/mol. The van der Waals surface area contributed by atoms with Gasteiger partial charge in [-0.15, -0.1) is 0 Å². The number of halogens is 1. The van der Waals surface area contributed by atoms with Crippen molar-refractivity contribution in [3.63, 3.8) is 0 Å². The monoisotopic (exact) mass is 381 g/mol. The van der Waals surface area contributed by atoms with Crippen molar-refractivity contribution in [3.05, 3.63) is 81.4 Å². The van der Waals surface area contributed by atoms with Gasteiger partial charge in [0.25, 0.3) is 5.56 Å². The van der Waals surface area contributed by atoms with E-state index in [1.807, 2.05) is 0 Å². The van der Waals surface area contributed by atoms with Crippen molar-refractivity contribution in [3.8, 4) is 11.3 Å². The van der Waals surface area contributed by atoms with Crippen LogP contribution >= 0.6 is 11.6 Å². The van der Waals surface area contributed by atoms with Gasteiger partial charge in [-0.05, 0) is 18.2 Å². The molecular formula is C19H12ClN3O4. The van der Waals surface area contributed by atoms with E-state index in [-0.39, 0.29) is 17.6 Å². The number of carbonyl (C=O) groups is 1. The van der Waals surface area contributed by atoms with Crippen molar-refractivity contribution in [1.82, 2.24) is 14.9 Å². The van der Waals surface area contributed by atoms with E-state index in [0.29, 0.717) is 21.9 Å². The van der Waals surface area contributed by atoms with Gasteiger partial charge in [-0.2, -0.15) is 5.10 Å². The van der Waals surface area contributed by atoms with Gasteiger partial charge in [-0.1, -0.05) is 47.1 Å². The normalized spacial score (nSPS) is 11.0.